The summed E-state index contributed by atoms with van der Waals surface area (Å²) in [5.74, 6) is -1.61. The van der Waals surface area contributed by atoms with Crippen LogP contribution in [-0.4, -0.2) is 10.5 Å². The van der Waals surface area contributed by atoms with Crippen LogP contribution in [0.4, 0.5) is 27.6 Å². The number of amides is 1. The number of benzene rings is 3. The SMILES string of the molecule is Cc1cc(C(=O)Nc2cccc(OCc3ccc(F)cc3F)c2)c(C)n1-c1ccccc1C(F)(F)F. The number of aromatic nitrogens is 1. The lowest BCUT2D eigenvalue weighted by Gasteiger charge is -2.17. The second kappa shape index (κ2) is 9.85. The molecule has 0 aliphatic heterocycles. The van der Waals surface area contributed by atoms with Crippen molar-refractivity contribution in [2.24, 2.45) is 0 Å². The number of anilines is 1. The Labute approximate surface area is 203 Å². The lowest BCUT2D eigenvalue weighted by Crippen LogP contribution is -2.15. The quantitative estimate of drug-likeness (QED) is 0.284. The van der Waals surface area contributed by atoms with Crippen LogP contribution in [0.1, 0.15) is 32.9 Å². The van der Waals surface area contributed by atoms with Crippen LogP contribution in [-0.2, 0) is 12.8 Å². The molecule has 4 nitrogen and oxygen atoms in total. The predicted molar refractivity (Wildman–Crippen MR) is 125 cm³/mol. The number of halogens is 5. The molecule has 0 saturated carbocycles. The molecule has 4 rings (SSSR count). The van der Waals surface area contributed by atoms with Crippen LogP contribution in [0.25, 0.3) is 5.69 Å². The van der Waals surface area contributed by atoms with Gasteiger partial charge in [-0.05, 0) is 56.3 Å². The van der Waals surface area contributed by atoms with Gasteiger partial charge in [0.25, 0.3) is 5.91 Å². The van der Waals surface area contributed by atoms with E-state index >= 15 is 0 Å². The minimum atomic E-state index is -4.56. The zero-order chi connectivity index (χ0) is 26.0. The van der Waals surface area contributed by atoms with E-state index in [0.29, 0.717) is 22.8 Å². The van der Waals surface area contributed by atoms with Crippen LogP contribution >= 0.6 is 0 Å². The van der Waals surface area contributed by atoms with Crippen molar-refractivity contribution in [2.75, 3.05) is 5.32 Å². The van der Waals surface area contributed by atoms with E-state index in [-0.39, 0.29) is 23.4 Å². The van der Waals surface area contributed by atoms with Crippen molar-refractivity contribution in [3.63, 3.8) is 0 Å². The molecule has 4 aromatic rings. The summed E-state index contributed by atoms with van der Waals surface area (Å²) >= 11 is 0. The van der Waals surface area contributed by atoms with Gasteiger partial charge in [-0.1, -0.05) is 18.2 Å². The van der Waals surface area contributed by atoms with Crippen LogP contribution in [0.3, 0.4) is 0 Å². The average Bonchev–Trinajstić information content (AvgIpc) is 3.12. The average molecular weight is 500 g/mol. The number of nitrogens with one attached hydrogen (secondary N) is 1. The third kappa shape index (κ3) is 5.25. The minimum absolute atomic E-state index is 0.0672. The molecular weight excluding hydrogens is 479 g/mol. The molecule has 9 heteroatoms. The van der Waals surface area contributed by atoms with Crippen LogP contribution < -0.4 is 10.1 Å². The van der Waals surface area contributed by atoms with Crippen molar-refractivity contribution >= 4 is 11.6 Å². The second-order valence-electron chi connectivity index (χ2n) is 8.14. The van der Waals surface area contributed by atoms with Gasteiger partial charge < -0.3 is 14.6 Å². The van der Waals surface area contributed by atoms with Gasteiger partial charge in [0.15, 0.2) is 0 Å². The number of nitrogens with zero attached hydrogens (tertiary/aromatic N) is 1. The summed E-state index contributed by atoms with van der Waals surface area (Å²) in [5.41, 5.74) is 0.691. The van der Waals surface area contributed by atoms with E-state index in [1.54, 1.807) is 32.0 Å². The first-order valence-corrected chi connectivity index (χ1v) is 10.9. The summed E-state index contributed by atoms with van der Waals surface area (Å²) in [6, 6.07) is 16.2. The summed E-state index contributed by atoms with van der Waals surface area (Å²) in [6.07, 6.45) is -4.56. The first kappa shape index (κ1) is 25.0. The van der Waals surface area contributed by atoms with Gasteiger partial charge in [0.05, 0.1) is 16.8 Å². The summed E-state index contributed by atoms with van der Waals surface area (Å²) in [7, 11) is 0. The standard InChI is InChI=1S/C27H21F5N2O2/c1-16-12-22(17(2)34(16)25-9-4-3-8-23(25)27(30,31)32)26(35)33-20-6-5-7-21(14-20)36-15-18-10-11-19(28)13-24(18)29/h3-14H,15H2,1-2H3,(H,33,35). The Morgan fingerprint density at radius 1 is 0.944 bits per heavy atom. The number of carbonyl (C=O) groups excluding carboxylic acids is 1. The Morgan fingerprint density at radius 3 is 2.42 bits per heavy atom. The zero-order valence-corrected chi connectivity index (χ0v) is 19.3. The van der Waals surface area contributed by atoms with E-state index in [2.05, 4.69) is 5.32 Å². The zero-order valence-electron chi connectivity index (χ0n) is 19.3. The highest BCUT2D eigenvalue weighted by Gasteiger charge is 2.34. The largest absolute Gasteiger partial charge is 0.489 e. The molecule has 0 radical (unpaired) electrons. The number of carbonyl (C=O) groups is 1. The first-order valence-electron chi connectivity index (χ1n) is 10.9. The maximum Gasteiger partial charge on any atom is 0.418 e. The Morgan fingerprint density at radius 2 is 1.69 bits per heavy atom. The minimum Gasteiger partial charge on any atom is -0.489 e. The third-order valence-corrected chi connectivity index (χ3v) is 5.63. The third-order valence-electron chi connectivity index (χ3n) is 5.63. The Bertz CT molecular complexity index is 1430. The van der Waals surface area contributed by atoms with E-state index in [9.17, 15) is 26.7 Å². The van der Waals surface area contributed by atoms with Gasteiger partial charge in [0.2, 0.25) is 0 Å². The molecule has 0 fully saturated rings. The Balaban J connectivity index is 1.54. The number of aryl methyl sites for hydroxylation is 1. The molecule has 36 heavy (non-hydrogen) atoms. The topological polar surface area (TPSA) is 43.3 Å². The summed E-state index contributed by atoms with van der Waals surface area (Å²) in [4.78, 5) is 13.0. The fourth-order valence-corrected chi connectivity index (χ4v) is 3.93. The van der Waals surface area contributed by atoms with Crippen molar-refractivity contribution < 1.29 is 31.5 Å². The fourth-order valence-electron chi connectivity index (χ4n) is 3.93. The number of rotatable bonds is 6. The molecule has 0 atom stereocenters. The maximum absolute atomic E-state index is 13.8. The molecule has 0 spiro atoms. The van der Waals surface area contributed by atoms with Crippen molar-refractivity contribution in [1.29, 1.82) is 0 Å². The molecule has 0 bridgehead atoms. The molecule has 1 heterocycles. The lowest BCUT2D eigenvalue weighted by atomic mass is 10.1. The van der Waals surface area contributed by atoms with Crippen LogP contribution in [0.5, 0.6) is 5.75 Å². The highest BCUT2D eigenvalue weighted by molar-refractivity contribution is 6.05. The van der Waals surface area contributed by atoms with Crippen LogP contribution in [0.15, 0.2) is 72.8 Å². The van der Waals surface area contributed by atoms with Gasteiger partial charge in [-0.2, -0.15) is 13.2 Å². The van der Waals surface area contributed by atoms with Crippen molar-refractivity contribution in [3.8, 4) is 11.4 Å². The first-order chi connectivity index (χ1) is 17.0. The fraction of sp³-hybridized carbons (Fsp3) is 0.148. The molecule has 0 saturated heterocycles. The molecule has 1 amide bonds. The van der Waals surface area contributed by atoms with Crippen molar-refractivity contribution in [3.05, 3.63) is 113 Å². The monoisotopic (exact) mass is 500 g/mol. The molecule has 0 aliphatic rings. The molecule has 1 N–H and O–H groups in total. The molecule has 3 aromatic carbocycles. The normalized spacial score (nSPS) is 11.4. The van der Waals surface area contributed by atoms with E-state index in [1.807, 2.05) is 0 Å². The summed E-state index contributed by atoms with van der Waals surface area (Å²) < 4.78 is 74.5. The number of ether oxygens (including phenoxy) is 1. The van der Waals surface area contributed by atoms with E-state index < -0.39 is 29.3 Å². The highest BCUT2D eigenvalue weighted by Crippen LogP contribution is 2.35. The predicted octanol–water partition coefficient (Wildman–Crippen LogP) is 7.22. The summed E-state index contributed by atoms with van der Waals surface area (Å²) in [6.45, 7) is 3.05. The van der Waals surface area contributed by atoms with Crippen molar-refractivity contribution in [2.45, 2.75) is 26.6 Å². The smallest absolute Gasteiger partial charge is 0.418 e. The van der Waals surface area contributed by atoms with Crippen LogP contribution in [0.2, 0.25) is 0 Å². The van der Waals surface area contributed by atoms with Gasteiger partial charge in [-0.3, -0.25) is 4.79 Å². The number of alkyl halides is 3. The van der Waals surface area contributed by atoms with E-state index in [4.69, 9.17) is 4.74 Å². The van der Waals surface area contributed by atoms with Gasteiger partial charge in [0.1, 0.15) is 24.0 Å². The van der Waals surface area contributed by atoms with Crippen molar-refractivity contribution in [1.82, 2.24) is 4.57 Å². The molecular formula is C27H21F5N2O2. The van der Waals surface area contributed by atoms with Gasteiger partial charge >= 0.3 is 6.18 Å². The number of hydrogen-bond donors (Lipinski definition) is 1. The van der Waals surface area contributed by atoms with E-state index in [1.165, 1.54) is 41.0 Å². The Hall–Kier alpha value is -4.14. The lowest BCUT2D eigenvalue weighted by molar-refractivity contribution is -0.137. The van der Waals surface area contributed by atoms with E-state index in [0.717, 1.165) is 18.2 Å². The molecule has 1 aromatic heterocycles. The molecule has 0 unspecified atom stereocenters. The summed E-state index contributed by atoms with van der Waals surface area (Å²) in [5, 5.41) is 2.72. The maximum atomic E-state index is 13.8. The second-order valence-corrected chi connectivity index (χ2v) is 8.14. The van der Waals surface area contributed by atoms with Gasteiger partial charge in [0, 0.05) is 34.8 Å². The number of para-hydroxylation sites is 1. The molecule has 186 valence electrons. The Kier molecular flexibility index (Phi) is 6.83. The van der Waals surface area contributed by atoms with Gasteiger partial charge in [-0.25, -0.2) is 8.78 Å². The highest BCUT2D eigenvalue weighted by atomic mass is 19.4. The number of hydrogen-bond acceptors (Lipinski definition) is 2. The molecule has 0 aliphatic carbocycles. The van der Waals surface area contributed by atoms with Crippen LogP contribution in [0, 0.1) is 25.5 Å². The van der Waals surface area contributed by atoms with Gasteiger partial charge in [-0.15, -0.1) is 0 Å².